The van der Waals surface area contributed by atoms with Gasteiger partial charge in [0, 0.05) is 0 Å². The van der Waals surface area contributed by atoms with Gasteiger partial charge >= 0.3 is 6.18 Å². The molecule has 22 heavy (non-hydrogen) atoms. The van der Waals surface area contributed by atoms with Gasteiger partial charge in [0.25, 0.3) is 0 Å². The van der Waals surface area contributed by atoms with Crippen LogP contribution in [0.3, 0.4) is 0 Å². The molecule has 0 aliphatic carbocycles. The molecule has 0 aliphatic heterocycles. The van der Waals surface area contributed by atoms with Crippen molar-refractivity contribution in [3.63, 3.8) is 0 Å². The highest BCUT2D eigenvalue weighted by molar-refractivity contribution is 5.83. The molecule has 0 unspecified atom stereocenters. The Balaban J connectivity index is 2.14. The molecule has 0 amide bonds. The van der Waals surface area contributed by atoms with E-state index in [9.17, 15) is 13.2 Å². The van der Waals surface area contributed by atoms with Gasteiger partial charge in [-0.2, -0.15) is 13.2 Å². The van der Waals surface area contributed by atoms with Crippen molar-refractivity contribution >= 4 is 0 Å². The van der Waals surface area contributed by atoms with Gasteiger partial charge in [0.15, 0.2) is 0 Å². The minimum Gasteiger partial charge on any atom is -0.166 e. The maximum atomic E-state index is 12.9. The molecule has 0 nitrogen and oxygen atoms in total. The number of hydrogen-bond donors (Lipinski definition) is 0. The molecule has 0 saturated carbocycles. The molecule has 0 aliphatic rings. The van der Waals surface area contributed by atoms with Gasteiger partial charge in [0.1, 0.15) is 0 Å². The summed E-state index contributed by atoms with van der Waals surface area (Å²) < 4.78 is 38.7. The third-order valence-electron chi connectivity index (χ3n) is 3.51. The van der Waals surface area contributed by atoms with Crippen LogP contribution in [0.4, 0.5) is 13.2 Å². The minimum absolute atomic E-state index is 0.564. The predicted octanol–water partition coefficient (Wildman–Crippen LogP) is 6.04. The zero-order valence-corrected chi connectivity index (χ0v) is 11.6. The van der Waals surface area contributed by atoms with Gasteiger partial charge < -0.3 is 0 Å². The van der Waals surface area contributed by atoms with Crippen molar-refractivity contribution in [1.29, 1.82) is 0 Å². The van der Waals surface area contributed by atoms with Crippen LogP contribution in [0, 0.1) is 0 Å². The zero-order chi connectivity index (χ0) is 15.6. The van der Waals surface area contributed by atoms with Crippen molar-refractivity contribution in [2.45, 2.75) is 6.18 Å². The largest absolute Gasteiger partial charge is 0.416 e. The first-order chi connectivity index (χ1) is 10.6. The van der Waals surface area contributed by atoms with Crippen LogP contribution in [0.2, 0.25) is 0 Å². The van der Waals surface area contributed by atoms with E-state index in [1.54, 1.807) is 6.07 Å². The Kier molecular flexibility index (Phi) is 3.72. The molecular weight excluding hydrogens is 285 g/mol. The highest BCUT2D eigenvalue weighted by Crippen LogP contribution is 2.35. The van der Waals surface area contributed by atoms with E-state index in [1.165, 1.54) is 12.1 Å². The molecule has 0 N–H and O–H groups in total. The zero-order valence-electron chi connectivity index (χ0n) is 11.6. The van der Waals surface area contributed by atoms with Crippen LogP contribution in [0.15, 0.2) is 78.9 Å². The van der Waals surface area contributed by atoms with Gasteiger partial charge in [0.2, 0.25) is 0 Å². The molecule has 0 radical (unpaired) electrons. The number of alkyl halides is 3. The Morgan fingerprint density at radius 3 is 1.73 bits per heavy atom. The Morgan fingerprint density at radius 2 is 1.09 bits per heavy atom. The maximum Gasteiger partial charge on any atom is 0.416 e. The second-order valence-corrected chi connectivity index (χ2v) is 4.99. The monoisotopic (exact) mass is 298 g/mol. The van der Waals surface area contributed by atoms with E-state index in [2.05, 4.69) is 0 Å². The summed E-state index contributed by atoms with van der Waals surface area (Å²) in [4.78, 5) is 0. The molecule has 3 aromatic carbocycles. The van der Waals surface area contributed by atoms with E-state index in [4.69, 9.17) is 0 Å². The van der Waals surface area contributed by atoms with Crippen LogP contribution in [-0.2, 0) is 6.18 Å². The van der Waals surface area contributed by atoms with Gasteiger partial charge in [-0.3, -0.25) is 0 Å². The van der Waals surface area contributed by atoms with Gasteiger partial charge in [0.05, 0.1) is 5.56 Å². The van der Waals surface area contributed by atoms with Crippen molar-refractivity contribution in [3.05, 3.63) is 84.4 Å². The maximum absolute atomic E-state index is 12.9. The first kappa shape index (κ1) is 14.4. The average Bonchev–Trinajstić information content (AvgIpc) is 2.55. The third-order valence-corrected chi connectivity index (χ3v) is 3.51. The topological polar surface area (TPSA) is 0 Å². The number of halogens is 3. The normalized spacial score (nSPS) is 11.4. The van der Waals surface area contributed by atoms with Crippen molar-refractivity contribution in [1.82, 2.24) is 0 Å². The molecule has 0 heterocycles. The van der Waals surface area contributed by atoms with E-state index in [0.29, 0.717) is 5.56 Å². The number of rotatable bonds is 2. The SMILES string of the molecule is FC(F)(F)c1cccc(-c2ccccc2-c2ccccc2)c1. The summed E-state index contributed by atoms with van der Waals surface area (Å²) in [5, 5.41) is 0. The molecular formula is C19H13F3. The van der Waals surface area contributed by atoms with Gasteiger partial charge in [-0.25, -0.2) is 0 Å². The summed E-state index contributed by atoms with van der Waals surface area (Å²) in [6, 6.07) is 22.6. The lowest BCUT2D eigenvalue weighted by Crippen LogP contribution is -2.04. The Morgan fingerprint density at radius 1 is 0.545 bits per heavy atom. The summed E-state index contributed by atoms with van der Waals surface area (Å²) >= 11 is 0. The average molecular weight is 298 g/mol. The van der Waals surface area contributed by atoms with Crippen LogP contribution in [-0.4, -0.2) is 0 Å². The summed E-state index contributed by atoms with van der Waals surface area (Å²) in [5.74, 6) is 0. The second kappa shape index (κ2) is 5.68. The fourth-order valence-electron chi connectivity index (χ4n) is 2.47. The lowest BCUT2D eigenvalue weighted by Gasteiger charge is -2.12. The quantitative estimate of drug-likeness (QED) is 0.541. The highest BCUT2D eigenvalue weighted by Gasteiger charge is 2.30. The molecule has 0 atom stereocenters. The molecule has 3 aromatic rings. The smallest absolute Gasteiger partial charge is 0.166 e. The predicted molar refractivity (Wildman–Crippen MR) is 82.3 cm³/mol. The lowest BCUT2D eigenvalue weighted by molar-refractivity contribution is -0.137. The van der Waals surface area contributed by atoms with Crippen molar-refractivity contribution in [2.75, 3.05) is 0 Å². The molecule has 110 valence electrons. The fraction of sp³-hybridized carbons (Fsp3) is 0.0526. The Labute approximate surface area is 126 Å². The Hall–Kier alpha value is -2.55. The van der Waals surface area contributed by atoms with Crippen molar-refractivity contribution in [3.8, 4) is 22.3 Å². The number of hydrogen-bond acceptors (Lipinski definition) is 0. The van der Waals surface area contributed by atoms with E-state index >= 15 is 0 Å². The van der Waals surface area contributed by atoms with Crippen LogP contribution in [0.5, 0.6) is 0 Å². The summed E-state index contributed by atoms with van der Waals surface area (Å²) in [5.41, 5.74) is 2.62. The van der Waals surface area contributed by atoms with E-state index in [0.717, 1.165) is 22.8 Å². The lowest BCUT2D eigenvalue weighted by atomic mass is 9.94. The summed E-state index contributed by atoms with van der Waals surface area (Å²) in [7, 11) is 0. The standard InChI is InChI=1S/C19H13F3/c20-19(21,22)16-10-6-9-15(13-16)18-12-5-4-11-17(18)14-7-2-1-3-8-14/h1-13H. The molecule has 0 bridgehead atoms. The first-order valence-electron chi connectivity index (χ1n) is 6.88. The van der Waals surface area contributed by atoms with Crippen molar-refractivity contribution in [2.24, 2.45) is 0 Å². The second-order valence-electron chi connectivity index (χ2n) is 4.99. The third kappa shape index (κ3) is 2.89. The summed E-state index contributed by atoms with van der Waals surface area (Å²) in [6.07, 6.45) is -4.34. The Bertz CT molecular complexity index is 774. The number of benzene rings is 3. The van der Waals surface area contributed by atoms with Crippen LogP contribution in [0.1, 0.15) is 5.56 Å². The van der Waals surface area contributed by atoms with E-state index in [-0.39, 0.29) is 0 Å². The van der Waals surface area contributed by atoms with Gasteiger partial charge in [-0.1, -0.05) is 66.7 Å². The molecule has 0 aromatic heterocycles. The van der Waals surface area contributed by atoms with Crippen LogP contribution >= 0.6 is 0 Å². The fourth-order valence-corrected chi connectivity index (χ4v) is 2.47. The highest BCUT2D eigenvalue weighted by atomic mass is 19.4. The van der Waals surface area contributed by atoms with Crippen LogP contribution in [0.25, 0.3) is 22.3 Å². The minimum atomic E-state index is -4.34. The van der Waals surface area contributed by atoms with E-state index < -0.39 is 11.7 Å². The van der Waals surface area contributed by atoms with Crippen LogP contribution < -0.4 is 0 Å². The van der Waals surface area contributed by atoms with Crippen molar-refractivity contribution < 1.29 is 13.2 Å². The van der Waals surface area contributed by atoms with E-state index in [1.807, 2.05) is 54.6 Å². The summed E-state index contributed by atoms with van der Waals surface area (Å²) in [6.45, 7) is 0. The van der Waals surface area contributed by atoms with Gasteiger partial charge in [-0.05, 0) is 34.4 Å². The molecule has 0 fully saturated rings. The molecule has 3 rings (SSSR count). The molecule has 3 heteroatoms. The molecule has 0 spiro atoms. The molecule has 0 saturated heterocycles. The first-order valence-corrected chi connectivity index (χ1v) is 6.88. The van der Waals surface area contributed by atoms with Gasteiger partial charge in [-0.15, -0.1) is 0 Å².